The van der Waals surface area contributed by atoms with E-state index in [9.17, 15) is 41.3 Å². The van der Waals surface area contributed by atoms with E-state index in [2.05, 4.69) is 9.72 Å². The van der Waals surface area contributed by atoms with Crippen LogP contribution in [0.1, 0.15) is 25.2 Å². The van der Waals surface area contributed by atoms with E-state index in [0.29, 0.717) is 0 Å². The average Bonchev–Trinajstić information content (AvgIpc) is 2.83. The topological polar surface area (TPSA) is 87.3 Å². The molecule has 0 saturated carbocycles. The van der Waals surface area contributed by atoms with E-state index in [1.165, 1.54) is 13.8 Å². The Hall–Kier alpha value is -2.86. The molecular formula is C13H9F6N3O4. The highest BCUT2D eigenvalue weighted by Gasteiger charge is 2.43. The van der Waals surface area contributed by atoms with E-state index in [4.69, 9.17) is 0 Å². The summed E-state index contributed by atoms with van der Waals surface area (Å²) in [5, 5.41) is 11.0. The lowest BCUT2D eigenvalue weighted by atomic mass is 10.1. The Bertz CT molecular complexity index is 885. The number of halogens is 6. The maximum Gasteiger partial charge on any atom is 0.450 e. The molecule has 0 atom stereocenters. The number of rotatable bonds is 2. The maximum absolute atomic E-state index is 13.2. The number of fused-ring (bicyclic) bond motifs is 1. The Morgan fingerprint density at radius 3 is 2.19 bits per heavy atom. The molecule has 0 saturated heterocycles. The van der Waals surface area contributed by atoms with Gasteiger partial charge in [-0.25, -0.2) is 14.3 Å². The lowest BCUT2D eigenvalue weighted by Gasteiger charge is -2.13. The molecular weight excluding hydrogens is 376 g/mol. The first kappa shape index (κ1) is 19.5. The predicted molar refractivity (Wildman–Crippen MR) is 73.4 cm³/mol. The summed E-state index contributed by atoms with van der Waals surface area (Å²) in [7, 11) is 0. The van der Waals surface area contributed by atoms with Gasteiger partial charge in [-0.1, -0.05) is 0 Å². The van der Waals surface area contributed by atoms with Crippen LogP contribution in [-0.2, 0) is 17.1 Å². The number of hydrogen-bond acceptors (Lipinski definition) is 5. The van der Waals surface area contributed by atoms with Gasteiger partial charge in [-0.2, -0.15) is 26.3 Å². The number of nitro benzene ring substituents is 1. The van der Waals surface area contributed by atoms with Gasteiger partial charge in [0.25, 0.3) is 5.69 Å². The number of non-ortho nitro benzene ring substituents is 1. The third-order valence-electron chi connectivity index (χ3n) is 3.04. The van der Waals surface area contributed by atoms with Crippen molar-refractivity contribution in [2.24, 2.45) is 0 Å². The normalized spacial score (nSPS) is 12.7. The Kier molecular flexibility index (Phi) is 4.60. The van der Waals surface area contributed by atoms with Gasteiger partial charge in [-0.3, -0.25) is 10.1 Å². The van der Waals surface area contributed by atoms with Gasteiger partial charge in [0, 0.05) is 6.07 Å². The van der Waals surface area contributed by atoms with Crippen molar-refractivity contribution in [1.82, 2.24) is 9.55 Å². The highest BCUT2D eigenvalue weighted by molar-refractivity contribution is 5.93. The molecule has 1 aromatic heterocycles. The summed E-state index contributed by atoms with van der Waals surface area (Å²) in [6.07, 6.45) is -12.9. The number of carbonyl (C=O) groups is 1. The molecule has 0 bridgehead atoms. The van der Waals surface area contributed by atoms with Crippen molar-refractivity contribution >= 4 is 22.8 Å². The Labute approximate surface area is 140 Å². The number of carbonyl (C=O) groups excluding carboxylic acids is 1. The molecule has 142 valence electrons. The minimum absolute atomic E-state index is 0.0492. The zero-order chi connectivity index (χ0) is 20.0. The van der Waals surface area contributed by atoms with E-state index in [1.54, 1.807) is 0 Å². The number of alkyl halides is 6. The van der Waals surface area contributed by atoms with Crippen molar-refractivity contribution in [2.75, 3.05) is 0 Å². The standard InChI is InChI=1S/C13H9F6N3O4/c1-5(2)26-11(23)21-7-3-6(12(14,15)16)4-8(22(24)25)9(7)20-10(21)13(17,18)19/h3-5H,1-2H3. The van der Waals surface area contributed by atoms with E-state index >= 15 is 0 Å². The molecule has 2 aromatic rings. The molecule has 0 fully saturated rings. The first-order valence-electron chi connectivity index (χ1n) is 6.79. The predicted octanol–water partition coefficient (Wildman–Crippen LogP) is 4.38. The fourth-order valence-corrected chi connectivity index (χ4v) is 2.09. The highest BCUT2D eigenvalue weighted by Crippen LogP contribution is 2.39. The highest BCUT2D eigenvalue weighted by atomic mass is 19.4. The molecule has 0 radical (unpaired) electrons. The molecule has 1 heterocycles. The second-order valence-corrected chi connectivity index (χ2v) is 5.32. The quantitative estimate of drug-likeness (QED) is 0.435. The summed E-state index contributed by atoms with van der Waals surface area (Å²) in [5.41, 5.74) is -4.99. The lowest BCUT2D eigenvalue weighted by Crippen LogP contribution is -2.24. The summed E-state index contributed by atoms with van der Waals surface area (Å²) in [5.74, 6) is -1.93. The second kappa shape index (κ2) is 6.14. The van der Waals surface area contributed by atoms with E-state index in [1.807, 2.05) is 0 Å². The summed E-state index contributed by atoms with van der Waals surface area (Å²) in [4.78, 5) is 24.7. The van der Waals surface area contributed by atoms with Crippen molar-refractivity contribution in [2.45, 2.75) is 32.3 Å². The van der Waals surface area contributed by atoms with Crippen LogP contribution in [0.15, 0.2) is 12.1 Å². The van der Waals surface area contributed by atoms with Crippen LogP contribution < -0.4 is 0 Å². The summed E-state index contributed by atoms with van der Waals surface area (Å²) in [6.45, 7) is 2.60. The molecule has 0 spiro atoms. The smallest absolute Gasteiger partial charge is 0.446 e. The largest absolute Gasteiger partial charge is 0.450 e. The summed E-state index contributed by atoms with van der Waals surface area (Å²) < 4.78 is 82.7. The van der Waals surface area contributed by atoms with Crippen LogP contribution in [0.5, 0.6) is 0 Å². The van der Waals surface area contributed by atoms with E-state index < -0.39 is 57.6 Å². The molecule has 13 heteroatoms. The third kappa shape index (κ3) is 3.55. The van der Waals surface area contributed by atoms with Crippen LogP contribution in [0.2, 0.25) is 0 Å². The SMILES string of the molecule is CC(C)OC(=O)n1c(C(F)(F)F)nc2c([N+](=O)[O-])cc(C(F)(F)F)cc21. The van der Waals surface area contributed by atoms with Crippen molar-refractivity contribution in [1.29, 1.82) is 0 Å². The van der Waals surface area contributed by atoms with Crippen molar-refractivity contribution in [3.63, 3.8) is 0 Å². The number of nitrogens with zero attached hydrogens (tertiary/aromatic N) is 3. The number of aromatic nitrogens is 2. The maximum atomic E-state index is 13.2. The Morgan fingerprint density at radius 1 is 1.19 bits per heavy atom. The zero-order valence-corrected chi connectivity index (χ0v) is 13.0. The first-order chi connectivity index (χ1) is 11.7. The third-order valence-corrected chi connectivity index (χ3v) is 3.04. The number of hydrogen-bond donors (Lipinski definition) is 0. The molecule has 2 rings (SSSR count). The fourth-order valence-electron chi connectivity index (χ4n) is 2.09. The lowest BCUT2D eigenvalue weighted by molar-refractivity contribution is -0.383. The van der Waals surface area contributed by atoms with Gasteiger partial charge < -0.3 is 4.74 Å². The first-order valence-corrected chi connectivity index (χ1v) is 6.79. The van der Waals surface area contributed by atoms with Crippen molar-refractivity contribution < 1.29 is 40.8 Å². The molecule has 0 N–H and O–H groups in total. The molecule has 0 aliphatic carbocycles. The minimum Gasteiger partial charge on any atom is -0.446 e. The molecule has 7 nitrogen and oxygen atoms in total. The molecule has 0 aliphatic rings. The molecule has 0 unspecified atom stereocenters. The second-order valence-electron chi connectivity index (χ2n) is 5.32. The van der Waals surface area contributed by atoms with Gasteiger partial charge in [-0.15, -0.1) is 0 Å². The van der Waals surface area contributed by atoms with Crippen LogP contribution in [0.3, 0.4) is 0 Å². The van der Waals surface area contributed by atoms with E-state index in [-0.39, 0.29) is 16.7 Å². The van der Waals surface area contributed by atoms with Gasteiger partial charge in [-0.05, 0) is 19.9 Å². The number of nitro groups is 1. The van der Waals surface area contributed by atoms with Gasteiger partial charge in [0.15, 0.2) is 5.52 Å². The van der Waals surface area contributed by atoms with Crippen molar-refractivity contribution in [3.05, 3.63) is 33.6 Å². The molecule has 26 heavy (non-hydrogen) atoms. The Balaban J connectivity index is 2.95. The van der Waals surface area contributed by atoms with Gasteiger partial charge in [0.05, 0.1) is 22.1 Å². The summed E-state index contributed by atoms with van der Waals surface area (Å²) >= 11 is 0. The van der Waals surface area contributed by atoms with Crippen LogP contribution in [-0.4, -0.2) is 26.7 Å². The van der Waals surface area contributed by atoms with E-state index in [0.717, 1.165) is 0 Å². The van der Waals surface area contributed by atoms with Gasteiger partial charge >= 0.3 is 18.4 Å². The van der Waals surface area contributed by atoms with Crippen LogP contribution in [0.4, 0.5) is 36.8 Å². The average molecular weight is 385 g/mol. The van der Waals surface area contributed by atoms with Gasteiger partial charge in [0.1, 0.15) is 0 Å². The molecule has 0 amide bonds. The molecule has 1 aromatic carbocycles. The summed E-state index contributed by atoms with van der Waals surface area (Å²) in [6, 6.07) is 0.222. The van der Waals surface area contributed by atoms with Gasteiger partial charge in [0.2, 0.25) is 5.82 Å². The number of imidazole rings is 1. The number of ether oxygens (including phenoxy) is 1. The van der Waals surface area contributed by atoms with Crippen LogP contribution >= 0.6 is 0 Å². The van der Waals surface area contributed by atoms with Crippen LogP contribution in [0, 0.1) is 10.1 Å². The van der Waals surface area contributed by atoms with Crippen molar-refractivity contribution in [3.8, 4) is 0 Å². The zero-order valence-electron chi connectivity index (χ0n) is 13.0. The fraction of sp³-hybridized carbons (Fsp3) is 0.385. The minimum atomic E-state index is -5.28. The molecule has 0 aliphatic heterocycles. The number of benzene rings is 1. The van der Waals surface area contributed by atoms with Crippen LogP contribution in [0.25, 0.3) is 11.0 Å². The Morgan fingerprint density at radius 2 is 1.77 bits per heavy atom. The monoisotopic (exact) mass is 385 g/mol.